The van der Waals surface area contributed by atoms with Crippen molar-refractivity contribution in [1.29, 1.82) is 0 Å². The number of nitrogens with one attached hydrogen (secondary N) is 1. The molecule has 6 nitrogen and oxygen atoms in total. The maximum absolute atomic E-state index is 12.6. The highest BCUT2D eigenvalue weighted by Gasteiger charge is 2.17. The lowest BCUT2D eigenvalue weighted by atomic mass is 10.1. The number of rotatable bonds is 4. The molecule has 0 radical (unpaired) electrons. The maximum Gasteiger partial charge on any atom is 0.253 e. The van der Waals surface area contributed by atoms with E-state index in [9.17, 15) is 4.79 Å². The zero-order chi connectivity index (χ0) is 17.3. The number of hydrogen-bond donors (Lipinski definition) is 1. The van der Waals surface area contributed by atoms with Crippen LogP contribution in [0.2, 0.25) is 0 Å². The van der Waals surface area contributed by atoms with Gasteiger partial charge in [-0.3, -0.25) is 9.78 Å². The standard InChI is InChI=1S/C18H21N5O/c1-11(2)23-17-15(10-20-23)9-16(13(4)21-17)18(24)22-12(3)14-5-7-19-8-6-14/h5-12H,1-4H3,(H,22,24)/t12-/m1/s1. The molecule has 0 aromatic carbocycles. The zero-order valence-electron chi connectivity index (χ0n) is 14.3. The smallest absolute Gasteiger partial charge is 0.253 e. The number of pyridine rings is 2. The molecule has 3 rings (SSSR count). The van der Waals surface area contributed by atoms with Crippen LogP contribution >= 0.6 is 0 Å². The molecule has 0 aliphatic heterocycles. The fourth-order valence-electron chi connectivity index (χ4n) is 2.68. The van der Waals surface area contributed by atoms with Crippen LogP contribution in [0, 0.1) is 6.92 Å². The van der Waals surface area contributed by atoms with E-state index in [1.165, 1.54) is 0 Å². The predicted molar refractivity (Wildman–Crippen MR) is 92.8 cm³/mol. The van der Waals surface area contributed by atoms with Crippen LogP contribution in [0.25, 0.3) is 11.0 Å². The Balaban J connectivity index is 1.89. The van der Waals surface area contributed by atoms with Gasteiger partial charge in [0, 0.05) is 23.8 Å². The predicted octanol–water partition coefficient (Wildman–Crippen LogP) is 3.21. The van der Waals surface area contributed by atoms with Crippen molar-refractivity contribution in [2.75, 3.05) is 0 Å². The molecule has 0 bridgehead atoms. The van der Waals surface area contributed by atoms with Crippen molar-refractivity contribution in [2.24, 2.45) is 0 Å². The highest BCUT2D eigenvalue weighted by molar-refractivity contribution is 5.98. The van der Waals surface area contributed by atoms with Crippen molar-refractivity contribution in [1.82, 2.24) is 25.1 Å². The van der Waals surface area contributed by atoms with Gasteiger partial charge in [-0.05, 0) is 51.5 Å². The van der Waals surface area contributed by atoms with Crippen LogP contribution in [-0.2, 0) is 0 Å². The summed E-state index contributed by atoms with van der Waals surface area (Å²) in [7, 11) is 0. The van der Waals surface area contributed by atoms with Crippen LogP contribution in [0.3, 0.4) is 0 Å². The number of aryl methyl sites for hydroxylation is 1. The molecule has 1 amide bonds. The summed E-state index contributed by atoms with van der Waals surface area (Å²) in [6.45, 7) is 7.91. The number of amides is 1. The summed E-state index contributed by atoms with van der Waals surface area (Å²) < 4.78 is 1.86. The second-order valence-electron chi connectivity index (χ2n) is 6.19. The molecular formula is C18H21N5O. The summed E-state index contributed by atoms with van der Waals surface area (Å²) in [5.74, 6) is -0.136. The highest BCUT2D eigenvalue weighted by atomic mass is 16.1. The van der Waals surface area contributed by atoms with Crippen LogP contribution in [0.1, 0.15) is 54.5 Å². The Hall–Kier alpha value is -2.76. The molecule has 24 heavy (non-hydrogen) atoms. The number of nitrogens with zero attached hydrogens (tertiary/aromatic N) is 4. The number of carbonyl (C=O) groups excluding carboxylic acids is 1. The van der Waals surface area contributed by atoms with E-state index in [1.807, 2.05) is 36.7 Å². The quantitative estimate of drug-likeness (QED) is 0.800. The average molecular weight is 323 g/mol. The molecule has 6 heteroatoms. The summed E-state index contributed by atoms with van der Waals surface area (Å²) in [6, 6.07) is 5.77. The Bertz CT molecular complexity index is 870. The molecule has 0 aliphatic carbocycles. The summed E-state index contributed by atoms with van der Waals surface area (Å²) >= 11 is 0. The molecular weight excluding hydrogens is 302 g/mol. The summed E-state index contributed by atoms with van der Waals surface area (Å²) in [5, 5.41) is 8.25. The van der Waals surface area contributed by atoms with Crippen LogP contribution in [-0.4, -0.2) is 25.7 Å². The van der Waals surface area contributed by atoms with Gasteiger partial charge in [0.2, 0.25) is 0 Å². The third-order valence-electron chi connectivity index (χ3n) is 4.05. The lowest BCUT2D eigenvalue weighted by Crippen LogP contribution is -2.27. The first-order chi connectivity index (χ1) is 11.5. The van der Waals surface area contributed by atoms with E-state index in [2.05, 4.69) is 34.2 Å². The number of hydrogen-bond acceptors (Lipinski definition) is 4. The number of fused-ring (bicyclic) bond motifs is 1. The van der Waals surface area contributed by atoms with E-state index >= 15 is 0 Å². The summed E-state index contributed by atoms with van der Waals surface area (Å²) in [6.07, 6.45) is 5.19. The van der Waals surface area contributed by atoms with Crippen molar-refractivity contribution in [3.8, 4) is 0 Å². The summed E-state index contributed by atoms with van der Waals surface area (Å²) in [4.78, 5) is 21.2. The summed E-state index contributed by atoms with van der Waals surface area (Å²) in [5.41, 5.74) is 3.09. The van der Waals surface area contributed by atoms with Crippen LogP contribution in [0.15, 0.2) is 36.8 Å². The first-order valence-corrected chi connectivity index (χ1v) is 8.03. The zero-order valence-corrected chi connectivity index (χ0v) is 14.3. The van der Waals surface area contributed by atoms with Gasteiger partial charge < -0.3 is 5.32 Å². The first-order valence-electron chi connectivity index (χ1n) is 8.03. The minimum atomic E-state index is -0.136. The second kappa shape index (κ2) is 6.39. The molecule has 3 heterocycles. The van der Waals surface area contributed by atoms with Gasteiger partial charge in [-0.1, -0.05) is 0 Å². The Morgan fingerprint density at radius 1 is 1.21 bits per heavy atom. The molecule has 3 aromatic heterocycles. The molecule has 0 saturated heterocycles. The number of carbonyl (C=O) groups is 1. The molecule has 0 saturated carbocycles. The molecule has 1 N–H and O–H groups in total. The lowest BCUT2D eigenvalue weighted by molar-refractivity contribution is 0.0939. The van der Waals surface area contributed by atoms with Gasteiger partial charge in [-0.15, -0.1) is 0 Å². The lowest BCUT2D eigenvalue weighted by Gasteiger charge is -2.15. The van der Waals surface area contributed by atoms with E-state index in [-0.39, 0.29) is 18.0 Å². The molecule has 1 atom stereocenters. The Morgan fingerprint density at radius 2 is 1.92 bits per heavy atom. The average Bonchev–Trinajstić information content (AvgIpc) is 2.97. The Labute approximate surface area is 140 Å². The molecule has 3 aromatic rings. The second-order valence-corrected chi connectivity index (χ2v) is 6.19. The van der Waals surface area contributed by atoms with Crippen molar-refractivity contribution < 1.29 is 4.79 Å². The van der Waals surface area contributed by atoms with Gasteiger partial charge in [-0.25, -0.2) is 9.67 Å². The van der Waals surface area contributed by atoms with Crippen LogP contribution < -0.4 is 5.32 Å². The third-order valence-corrected chi connectivity index (χ3v) is 4.05. The van der Waals surface area contributed by atoms with E-state index in [0.29, 0.717) is 11.3 Å². The fraction of sp³-hybridized carbons (Fsp3) is 0.333. The Kier molecular flexibility index (Phi) is 4.29. The van der Waals surface area contributed by atoms with Crippen molar-refractivity contribution in [3.05, 3.63) is 53.6 Å². The minimum Gasteiger partial charge on any atom is -0.345 e. The van der Waals surface area contributed by atoms with E-state index in [4.69, 9.17) is 0 Å². The molecule has 124 valence electrons. The molecule has 0 fully saturated rings. The van der Waals surface area contributed by atoms with Gasteiger partial charge in [0.1, 0.15) is 0 Å². The van der Waals surface area contributed by atoms with E-state index < -0.39 is 0 Å². The first kappa shape index (κ1) is 16.1. The van der Waals surface area contributed by atoms with Crippen LogP contribution in [0.5, 0.6) is 0 Å². The van der Waals surface area contributed by atoms with E-state index in [1.54, 1.807) is 18.6 Å². The van der Waals surface area contributed by atoms with Gasteiger partial charge >= 0.3 is 0 Å². The maximum atomic E-state index is 12.6. The SMILES string of the molecule is Cc1nc2c(cnn2C(C)C)cc1C(=O)N[C@H](C)c1ccncc1. The normalized spacial score (nSPS) is 12.5. The van der Waals surface area contributed by atoms with Crippen molar-refractivity contribution >= 4 is 16.9 Å². The van der Waals surface area contributed by atoms with Crippen LogP contribution in [0.4, 0.5) is 0 Å². The molecule has 0 aliphatic rings. The molecule has 0 spiro atoms. The Morgan fingerprint density at radius 3 is 2.58 bits per heavy atom. The fourth-order valence-corrected chi connectivity index (χ4v) is 2.68. The van der Waals surface area contributed by atoms with Gasteiger partial charge in [-0.2, -0.15) is 5.10 Å². The highest BCUT2D eigenvalue weighted by Crippen LogP contribution is 2.20. The van der Waals surface area contributed by atoms with Gasteiger partial charge in [0.05, 0.1) is 23.5 Å². The van der Waals surface area contributed by atoms with Gasteiger partial charge in [0.15, 0.2) is 5.65 Å². The van der Waals surface area contributed by atoms with Crippen molar-refractivity contribution in [3.63, 3.8) is 0 Å². The monoisotopic (exact) mass is 323 g/mol. The van der Waals surface area contributed by atoms with E-state index in [0.717, 1.165) is 16.6 Å². The van der Waals surface area contributed by atoms with Gasteiger partial charge in [0.25, 0.3) is 5.91 Å². The number of aromatic nitrogens is 4. The topological polar surface area (TPSA) is 72.7 Å². The third kappa shape index (κ3) is 2.99. The van der Waals surface area contributed by atoms with Crippen molar-refractivity contribution in [2.45, 2.75) is 39.8 Å². The minimum absolute atomic E-state index is 0.103. The molecule has 0 unspecified atom stereocenters. The largest absolute Gasteiger partial charge is 0.345 e.